The zero-order valence-corrected chi connectivity index (χ0v) is 9.39. The molecule has 0 atom stereocenters. The lowest BCUT2D eigenvalue weighted by atomic mass is 10.3. The van der Waals surface area contributed by atoms with Gasteiger partial charge in [-0.15, -0.1) is 0 Å². The first-order valence-electron chi connectivity index (χ1n) is 5.11. The van der Waals surface area contributed by atoms with Crippen LogP contribution in [0.4, 0.5) is 23.2 Å². The molecular weight excluding hydrogens is 236 g/mol. The van der Waals surface area contributed by atoms with Crippen LogP contribution in [0, 0.1) is 5.82 Å². The van der Waals surface area contributed by atoms with Crippen molar-refractivity contribution in [3.05, 3.63) is 30.1 Å². The molecule has 1 aromatic rings. The van der Waals surface area contributed by atoms with Crippen molar-refractivity contribution >= 4 is 5.69 Å². The smallest absolute Gasteiger partial charge is 0.384 e. The number of nitrogens with zero attached hydrogens (tertiary/aromatic N) is 1. The number of halogens is 4. The molecule has 6 heteroatoms. The van der Waals surface area contributed by atoms with E-state index in [1.54, 1.807) is 6.07 Å². The molecule has 0 amide bonds. The third-order valence-electron chi connectivity index (χ3n) is 2.10. The van der Waals surface area contributed by atoms with Crippen molar-refractivity contribution in [3.63, 3.8) is 0 Å². The van der Waals surface area contributed by atoms with Gasteiger partial charge in [0.1, 0.15) is 5.82 Å². The summed E-state index contributed by atoms with van der Waals surface area (Å²) in [5.74, 6) is -0.376. The number of likely N-dealkylation sites (N-methyl/N-ethyl adjacent to an activating group) is 1. The Balaban J connectivity index is 2.28. The highest BCUT2D eigenvalue weighted by atomic mass is 19.4. The van der Waals surface area contributed by atoms with Gasteiger partial charge in [0.25, 0.3) is 0 Å². The highest BCUT2D eigenvalue weighted by molar-refractivity contribution is 5.42. The van der Waals surface area contributed by atoms with Gasteiger partial charge in [0.2, 0.25) is 0 Å². The van der Waals surface area contributed by atoms with Gasteiger partial charge in [-0.2, -0.15) is 13.2 Å². The van der Waals surface area contributed by atoms with E-state index >= 15 is 0 Å². The van der Waals surface area contributed by atoms with E-state index in [-0.39, 0.29) is 12.4 Å². The molecule has 2 nitrogen and oxygen atoms in total. The van der Waals surface area contributed by atoms with Gasteiger partial charge in [-0.05, 0) is 25.2 Å². The predicted octanol–water partition coefficient (Wildman–Crippen LogP) is 2.73. The Hall–Kier alpha value is -1.30. The van der Waals surface area contributed by atoms with Crippen molar-refractivity contribution in [2.75, 3.05) is 32.0 Å². The molecule has 17 heavy (non-hydrogen) atoms. The molecule has 0 spiro atoms. The van der Waals surface area contributed by atoms with E-state index in [0.717, 1.165) is 4.90 Å². The maximum absolute atomic E-state index is 12.8. The minimum Gasteiger partial charge on any atom is -0.384 e. The van der Waals surface area contributed by atoms with Crippen LogP contribution >= 0.6 is 0 Å². The van der Waals surface area contributed by atoms with Crippen LogP contribution in [0.5, 0.6) is 0 Å². The molecule has 1 N–H and O–H groups in total. The van der Waals surface area contributed by atoms with E-state index < -0.39 is 12.7 Å². The van der Waals surface area contributed by atoms with Crippen LogP contribution in [0.1, 0.15) is 0 Å². The van der Waals surface area contributed by atoms with E-state index in [1.807, 2.05) is 0 Å². The molecule has 0 bridgehead atoms. The number of hydrogen-bond donors (Lipinski definition) is 1. The molecule has 0 radical (unpaired) electrons. The minimum absolute atomic E-state index is 0.232. The zero-order valence-electron chi connectivity index (χ0n) is 9.39. The van der Waals surface area contributed by atoms with Crippen LogP contribution < -0.4 is 5.32 Å². The summed E-state index contributed by atoms with van der Waals surface area (Å²) >= 11 is 0. The van der Waals surface area contributed by atoms with Gasteiger partial charge >= 0.3 is 6.18 Å². The van der Waals surface area contributed by atoms with Crippen molar-refractivity contribution in [2.45, 2.75) is 6.18 Å². The molecule has 1 rings (SSSR count). The second kappa shape index (κ2) is 5.86. The second-order valence-electron chi connectivity index (χ2n) is 3.79. The third kappa shape index (κ3) is 6.11. The van der Waals surface area contributed by atoms with Crippen molar-refractivity contribution in [1.29, 1.82) is 0 Å². The largest absolute Gasteiger partial charge is 0.401 e. The third-order valence-corrected chi connectivity index (χ3v) is 2.10. The van der Waals surface area contributed by atoms with Gasteiger partial charge in [-0.3, -0.25) is 4.90 Å². The Morgan fingerprint density at radius 3 is 2.59 bits per heavy atom. The Kier molecular flexibility index (Phi) is 4.74. The van der Waals surface area contributed by atoms with Crippen LogP contribution in [0.3, 0.4) is 0 Å². The van der Waals surface area contributed by atoms with Crippen molar-refractivity contribution in [3.8, 4) is 0 Å². The first-order chi connectivity index (χ1) is 7.87. The monoisotopic (exact) mass is 250 g/mol. The second-order valence-corrected chi connectivity index (χ2v) is 3.79. The van der Waals surface area contributed by atoms with Gasteiger partial charge in [0.15, 0.2) is 0 Å². The lowest BCUT2D eigenvalue weighted by Gasteiger charge is -2.18. The maximum atomic E-state index is 12.8. The zero-order chi connectivity index (χ0) is 12.9. The Morgan fingerprint density at radius 1 is 1.29 bits per heavy atom. The van der Waals surface area contributed by atoms with Gasteiger partial charge in [-0.25, -0.2) is 4.39 Å². The summed E-state index contributed by atoms with van der Waals surface area (Å²) < 4.78 is 48.8. The van der Waals surface area contributed by atoms with Crippen LogP contribution in [0.15, 0.2) is 24.3 Å². The van der Waals surface area contributed by atoms with Crippen LogP contribution in [-0.2, 0) is 0 Å². The molecule has 0 saturated carbocycles. The first-order valence-corrected chi connectivity index (χ1v) is 5.11. The van der Waals surface area contributed by atoms with E-state index in [4.69, 9.17) is 0 Å². The van der Waals surface area contributed by atoms with Gasteiger partial charge in [0.05, 0.1) is 6.54 Å². The van der Waals surface area contributed by atoms with E-state index in [1.165, 1.54) is 25.2 Å². The Labute approximate surface area is 97.2 Å². The first kappa shape index (κ1) is 13.8. The molecule has 0 heterocycles. The van der Waals surface area contributed by atoms with Gasteiger partial charge in [-0.1, -0.05) is 6.07 Å². The highest BCUT2D eigenvalue weighted by Crippen LogP contribution is 2.15. The lowest BCUT2D eigenvalue weighted by Crippen LogP contribution is -2.34. The summed E-state index contributed by atoms with van der Waals surface area (Å²) in [6, 6.07) is 5.80. The fraction of sp³-hybridized carbons (Fsp3) is 0.455. The van der Waals surface area contributed by atoms with E-state index in [0.29, 0.717) is 12.2 Å². The molecule has 0 saturated heterocycles. The average Bonchev–Trinajstić information content (AvgIpc) is 2.14. The molecule has 0 unspecified atom stereocenters. The van der Waals surface area contributed by atoms with Crippen molar-refractivity contribution < 1.29 is 17.6 Å². The Bertz CT molecular complexity index is 352. The number of rotatable bonds is 5. The molecule has 0 aliphatic rings. The number of anilines is 1. The number of nitrogens with one attached hydrogen (secondary N) is 1. The molecule has 0 aromatic heterocycles. The van der Waals surface area contributed by atoms with Crippen molar-refractivity contribution in [1.82, 2.24) is 4.90 Å². The molecular formula is C11H14F4N2. The summed E-state index contributed by atoms with van der Waals surface area (Å²) in [6.07, 6.45) is -4.19. The average molecular weight is 250 g/mol. The number of benzene rings is 1. The quantitative estimate of drug-likeness (QED) is 0.808. The lowest BCUT2D eigenvalue weighted by molar-refractivity contribution is -0.142. The Morgan fingerprint density at radius 2 is 2.00 bits per heavy atom. The highest BCUT2D eigenvalue weighted by Gasteiger charge is 2.28. The van der Waals surface area contributed by atoms with E-state index in [2.05, 4.69) is 5.32 Å². The molecule has 0 aliphatic carbocycles. The predicted molar refractivity (Wildman–Crippen MR) is 58.4 cm³/mol. The van der Waals surface area contributed by atoms with Crippen LogP contribution in [-0.4, -0.2) is 37.8 Å². The van der Waals surface area contributed by atoms with Crippen LogP contribution in [0.2, 0.25) is 0 Å². The standard InChI is InChI=1S/C11H14F4N2/c1-17(8-11(13,14)15)6-5-16-10-4-2-3-9(12)7-10/h2-4,7,16H,5-6,8H2,1H3. The van der Waals surface area contributed by atoms with E-state index in [9.17, 15) is 17.6 Å². The maximum Gasteiger partial charge on any atom is 0.401 e. The number of hydrogen-bond acceptors (Lipinski definition) is 2. The normalized spacial score (nSPS) is 11.9. The van der Waals surface area contributed by atoms with Crippen LogP contribution in [0.25, 0.3) is 0 Å². The summed E-state index contributed by atoms with van der Waals surface area (Å²) in [5, 5.41) is 2.85. The summed E-state index contributed by atoms with van der Waals surface area (Å²) in [7, 11) is 1.39. The SMILES string of the molecule is CN(CCNc1cccc(F)c1)CC(F)(F)F. The minimum atomic E-state index is -4.19. The van der Waals surface area contributed by atoms with Gasteiger partial charge in [0, 0.05) is 18.8 Å². The molecule has 96 valence electrons. The van der Waals surface area contributed by atoms with Crippen molar-refractivity contribution in [2.24, 2.45) is 0 Å². The molecule has 0 fully saturated rings. The topological polar surface area (TPSA) is 15.3 Å². The summed E-state index contributed by atoms with van der Waals surface area (Å²) in [4.78, 5) is 1.16. The molecule has 0 aliphatic heterocycles. The number of alkyl halides is 3. The van der Waals surface area contributed by atoms with Gasteiger partial charge < -0.3 is 5.32 Å². The summed E-state index contributed by atoms with van der Waals surface area (Å²) in [6.45, 7) is -0.385. The summed E-state index contributed by atoms with van der Waals surface area (Å²) in [5.41, 5.74) is 0.561. The molecule has 1 aromatic carbocycles. The fourth-order valence-corrected chi connectivity index (χ4v) is 1.37. The fourth-order valence-electron chi connectivity index (χ4n) is 1.37.